The van der Waals surface area contributed by atoms with Gasteiger partial charge in [-0.05, 0) is 17.7 Å². The fourth-order valence-electron chi connectivity index (χ4n) is 2.68. The molecule has 1 amide bonds. The quantitative estimate of drug-likeness (QED) is 0.894. The van der Waals surface area contributed by atoms with E-state index in [0.29, 0.717) is 6.54 Å². The van der Waals surface area contributed by atoms with Gasteiger partial charge in [-0.15, -0.1) is 0 Å². The van der Waals surface area contributed by atoms with Crippen LogP contribution >= 0.6 is 0 Å². The number of rotatable bonds is 3. The van der Waals surface area contributed by atoms with E-state index in [9.17, 15) is 4.79 Å². The average molecular weight is 267 g/mol. The standard InChI is InChI=1S/C16H17N3O/c20-16(19-13-7-4-8-17-9-13)15-11-18-10-14(15)12-5-2-1-3-6-12/h1-9,14-15,18H,10-11H2,(H,19,20). The van der Waals surface area contributed by atoms with Crippen molar-refractivity contribution < 1.29 is 4.79 Å². The molecule has 1 saturated heterocycles. The van der Waals surface area contributed by atoms with Gasteiger partial charge in [0.2, 0.25) is 5.91 Å². The molecular formula is C16H17N3O. The van der Waals surface area contributed by atoms with Crippen molar-refractivity contribution in [2.45, 2.75) is 5.92 Å². The molecule has 1 aliphatic heterocycles. The van der Waals surface area contributed by atoms with Gasteiger partial charge in [-0.1, -0.05) is 30.3 Å². The second-order valence-corrected chi connectivity index (χ2v) is 5.01. The molecule has 0 spiro atoms. The van der Waals surface area contributed by atoms with E-state index >= 15 is 0 Å². The molecule has 4 heteroatoms. The summed E-state index contributed by atoms with van der Waals surface area (Å²) in [4.78, 5) is 16.4. The van der Waals surface area contributed by atoms with Gasteiger partial charge in [0.25, 0.3) is 0 Å². The summed E-state index contributed by atoms with van der Waals surface area (Å²) < 4.78 is 0. The van der Waals surface area contributed by atoms with E-state index in [4.69, 9.17) is 0 Å². The highest BCUT2D eigenvalue weighted by Gasteiger charge is 2.33. The van der Waals surface area contributed by atoms with Gasteiger partial charge in [-0.2, -0.15) is 0 Å². The van der Waals surface area contributed by atoms with Crippen LogP contribution in [-0.2, 0) is 4.79 Å². The molecule has 2 atom stereocenters. The Morgan fingerprint density at radius 3 is 2.75 bits per heavy atom. The highest BCUT2D eigenvalue weighted by atomic mass is 16.1. The molecule has 2 heterocycles. The molecule has 2 aromatic rings. The first-order valence-corrected chi connectivity index (χ1v) is 6.81. The number of amides is 1. The van der Waals surface area contributed by atoms with E-state index in [2.05, 4.69) is 27.8 Å². The first-order chi connectivity index (χ1) is 9.84. The number of carbonyl (C=O) groups excluding carboxylic acids is 1. The van der Waals surface area contributed by atoms with E-state index in [0.717, 1.165) is 12.2 Å². The van der Waals surface area contributed by atoms with Crippen molar-refractivity contribution in [2.75, 3.05) is 18.4 Å². The number of benzene rings is 1. The number of aromatic nitrogens is 1. The van der Waals surface area contributed by atoms with Crippen LogP contribution in [0, 0.1) is 5.92 Å². The Bertz CT molecular complexity index is 571. The molecule has 0 radical (unpaired) electrons. The number of nitrogens with zero attached hydrogens (tertiary/aromatic N) is 1. The van der Waals surface area contributed by atoms with E-state index in [-0.39, 0.29) is 17.7 Å². The Hall–Kier alpha value is -2.20. The van der Waals surface area contributed by atoms with Crippen LogP contribution in [-0.4, -0.2) is 24.0 Å². The highest BCUT2D eigenvalue weighted by Crippen LogP contribution is 2.28. The van der Waals surface area contributed by atoms with Gasteiger partial charge in [0, 0.05) is 25.2 Å². The molecule has 3 rings (SSSR count). The van der Waals surface area contributed by atoms with Gasteiger partial charge in [0.15, 0.2) is 0 Å². The fourth-order valence-corrected chi connectivity index (χ4v) is 2.68. The first-order valence-electron chi connectivity index (χ1n) is 6.81. The SMILES string of the molecule is O=C(Nc1cccnc1)C1CNCC1c1ccccc1. The van der Waals surface area contributed by atoms with Crippen molar-refractivity contribution in [1.29, 1.82) is 0 Å². The predicted octanol–water partition coefficient (Wildman–Crippen LogP) is 2.02. The molecule has 1 aliphatic rings. The zero-order chi connectivity index (χ0) is 13.8. The summed E-state index contributed by atoms with van der Waals surface area (Å²) >= 11 is 0. The van der Waals surface area contributed by atoms with E-state index in [1.54, 1.807) is 12.4 Å². The lowest BCUT2D eigenvalue weighted by atomic mass is 9.88. The van der Waals surface area contributed by atoms with Crippen molar-refractivity contribution in [3.8, 4) is 0 Å². The minimum absolute atomic E-state index is 0.0439. The van der Waals surface area contributed by atoms with Crippen molar-refractivity contribution in [2.24, 2.45) is 5.92 Å². The average Bonchev–Trinajstić information content (AvgIpc) is 2.99. The third-order valence-electron chi connectivity index (χ3n) is 3.71. The Morgan fingerprint density at radius 1 is 1.15 bits per heavy atom. The maximum atomic E-state index is 12.4. The molecule has 1 fully saturated rings. The Kier molecular flexibility index (Phi) is 3.74. The number of hydrogen-bond donors (Lipinski definition) is 2. The summed E-state index contributed by atoms with van der Waals surface area (Å²) in [6, 6.07) is 13.9. The van der Waals surface area contributed by atoms with E-state index in [1.807, 2.05) is 30.3 Å². The number of hydrogen-bond acceptors (Lipinski definition) is 3. The van der Waals surface area contributed by atoms with Crippen molar-refractivity contribution >= 4 is 11.6 Å². The molecule has 2 N–H and O–H groups in total. The van der Waals surface area contributed by atoms with Crippen LogP contribution in [0.25, 0.3) is 0 Å². The topological polar surface area (TPSA) is 54.0 Å². The lowest BCUT2D eigenvalue weighted by Gasteiger charge is -2.18. The molecular weight excluding hydrogens is 250 g/mol. The van der Waals surface area contributed by atoms with E-state index < -0.39 is 0 Å². The largest absolute Gasteiger partial charge is 0.324 e. The number of carbonyl (C=O) groups is 1. The van der Waals surface area contributed by atoms with Gasteiger partial charge in [0.1, 0.15) is 0 Å². The van der Waals surface area contributed by atoms with Crippen LogP contribution in [0.3, 0.4) is 0 Å². The monoisotopic (exact) mass is 267 g/mol. The summed E-state index contributed by atoms with van der Waals surface area (Å²) in [7, 11) is 0. The highest BCUT2D eigenvalue weighted by molar-refractivity contribution is 5.93. The second kappa shape index (κ2) is 5.84. The lowest BCUT2D eigenvalue weighted by Crippen LogP contribution is -2.28. The Morgan fingerprint density at radius 2 is 2.00 bits per heavy atom. The van der Waals surface area contributed by atoms with Crippen molar-refractivity contribution in [1.82, 2.24) is 10.3 Å². The maximum Gasteiger partial charge on any atom is 0.229 e. The number of pyridine rings is 1. The molecule has 2 unspecified atom stereocenters. The minimum Gasteiger partial charge on any atom is -0.324 e. The summed E-state index contributed by atoms with van der Waals surface area (Å²) in [5.41, 5.74) is 1.96. The summed E-state index contributed by atoms with van der Waals surface area (Å²) in [6.45, 7) is 1.56. The number of nitrogens with one attached hydrogen (secondary N) is 2. The van der Waals surface area contributed by atoms with Gasteiger partial charge < -0.3 is 10.6 Å². The molecule has 0 saturated carbocycles. The summed E-state index contributed by atoms with van der Waals surface area (Å²) in [5.74, 6) is 0.238. The fraction of sp³-hybridized carbons (Fsp3) is 0.250. The number of anilines is 1. The van der Waals surface area contributed by atoms with Crippen molar-refractivity contribution in [3.05, 3.63) is 60.4 Å². The lowest BCUT2D eigenvalue weighted by molar-refractivity contribution is -0.119. The zero-order valence-corrected chi connectivity index (χ0v) is 11.1. The normalized spacial score (nSPS) is 21.6. The van der Waals surface area contributed by atoms with Gasteiger partial charge in [-0.25, -0.2) is 0 Å². The molecule has 4 nitrogen and oxygen atoms in total. The van der Waals surface area contributed by atoms with Crippen LogP contribution in [0.15, 0.2) is 54.9 Å². The van der Waals surface area contributed by atoms with Gasteiger partial charge >= 0.3 is 0 Å². The molecule has 20 heavy (non-hydrogen) atoms. The first kappa shape index (κ1) is 12.8. The molecule has 1 aromatic heterocycles. The van der Waals surface area contributed by atoms with Crippen LogP contribution in [0.4, 0.5) is 5.69 Å². The summed E-state index contributed by atoms with van der Waals surface area (Å²) in [6.07, 6.45) is 3.36. The van der Waals surface area contributed by atoms with Gasteiger partial charge in [0.05, 0.1) is 17.8 Å². The van der Waals surface area contributed by atoms with Crippen LogP contribution in [0.2, 0.25) is 0 Å². The Labute approximate surface area is 118 Å². The Balaban J connectivity index is 1.74. The molecule has 102 valence electrons. The third-order valence-corrected chi connectivity index (χ3v) is 3.71. The molecule has 1 aromatic carbocycles. The minimum atomic E-state index is -0.0439. The molecule has 0 bridgehead atoms. The van der Waals surface area contributed by atoms with Crippen LogP contribution < -0.4 is 10.6 Å². The molecule has 0 aliphatic carbocycles. The zero-order valence-electron chi connectivity index (χ0n) is 11.1. The smallest absolute Gasteiger partial charge is 0.229 e. The van der Waals surface area contributed by atoms with Crippen molar-refractivity contribution in [3.63, 3.8) is 0 Å². The van der Waals surface area contributed by atoms with Crippen LogP contribution in [0.1, 0.15) is 11.5 Å². The van der Waals surface area contributed by atoms with Crippen LogP contribution in [0.5, 0.6) is 0 Å². The van der Waals surface area contributed by atoms with E-state index in [1.165, 1.54) is 5.56 Å². The third kappa shape index (κ3) is 2.70. The van der Waals surface area contributed by atoms with Gasteiger partial charge in [-0.3, -0.25) is 9.78 Å². The second-order valence-electron chi connectivity index (χ2n) is 5.01. The maximum absolute atomic E-state index is 12.4. The summed E-state index contributed by atoms with van der Waals surface area (Å²) in [5, 5.41) is 6.25. The predicted molar refractivity (Wildman–Crippen MR) is 78.4 cm³/mol.